The maximum Gasteiger partial charge on any atom is 0.338 e. The minimum atomic E-state index is -0.436. The molecule has 0 fully saturated rings. The average molecular weight is 642 g/mol. The van der Waals surface area contributed by atoms with Crippen LogP contribution >= 0.6 is 11.3 Å². The van der Waals surface area contributed by atoms with Crippen molar-refractivity contribution in [3.63, 3.8) is 0 Å². The first-order valence-corrected chi connectivity index (χ1v) is 16.1. The minimum Gasteiger partial charge on any atom is -0.497 e. The molecule has 1 aliphatic heterocycles. The number of aromatic nitrogens is 1. The number of methoxy groups -OCH3 is 1. The minimum absolute atomic E-state index is 0.245. The summed E-state index contributed by atoms with van der Waals surface area (Å²) in [6, 6.07) is 35.1. The molecule has 0 aliphatic carbocycles. The Morgan fingerprint density at radius 3 is 2.00 bits per heavy atom. The molecule has 0 radical (unpaired) electrons. The Balaban J connectivity index is 1.38. The zero-order chi connectivity index (χ0) is 32.2. The normalized spacial score (nSPS) is 15.7. The summed E-state index contributed by atoms with van der Waals surface area (Å²) in [5, 5.41) is 0.822. The van der Waals surface area contributed by atoms with Crippen molar-refractivity contribution in [2.24, 2.45) is 0 Å². The SMILES string of the molecule is CCOC(=O)/C(=C/c1sc2cc3c(cc2c1Oc1ccc(OC)cc1)OC(c1ccccc1)C(c1ccccc1)O3)c1ccncc1. The summed E-state index contributed by atoms with van der Waals surface area (Å²) in [4.78, 5) is 18.1. The van der Waals surface area contributed by atoms with Gasteiger partial charge in [0.15, 0.2) is 29.5 Å². The van der Waals surface area contributed by atoms with Crippen molar-refractivity contribution < 1.29 is 28.5 Å². The molecule has 8 heteroatoms. The smallest absolute Gasteiger partial charge is 0.338 e. The maximum atomic E-state index is 13.3. The Labute approximate surface area is 276 Å². The summed E-state index contributed by atoms with van der Waals surface area (Å²) in [6.45, 7) is 2.03. The number of hydrogen-bond donors (Lipinski definition) is 0. The van der Waals surface area contributed by atoms with Gasteiger partial charge in [0.2, 0.25) is 0 Å². The van der Waals surface area contributed by atoms with Crippen LogP contribution in [0.2, 0.25) is 0 Å². The van der Waals surface area contributed by atoms with Crippen molar-refractivity contribution in [3.8, 4) is 28.7 Å². The number of benzene rings is 4. The number of hydrogen-bond acceptors (Lipinski definition) is 8. The molecule has 0 spiro atoms. The molecule has 0 N–H and O–H groups in total. The maximum absolute atomic E-state index is 13.3. The quantitative estimate of drug-likeness (QED) is 0.115. The standard InChI is InChI=1S/C39H31NO6S/c1-3-43-39(41)30(25-18-20-40-21-19-25)23-35-38(44-29-16-14-28(42-2)15-17-29)31-22-32-33(24-34(31)47-35)46-37(27-12-8-5-9-13-27)36(45-32)26-10-6-4-7-11-26/h4-24,36-37H,3H2,1-2H3/b30-23+. The van der Waals surface area contributed by atoms with Crippen LogP contribution in [0.5, 0.6) is 28.7 Å². The van der Waals surface area contributed by atoms with Gasteiger partial charge in [-0.05, 0) is 72.2 Å². The highest BCUT2D eigenvalue weighted by Gasteiger charge is 2.35. The van der Waals surface area contributed by atoms with Gasteiger partial charge >= 0.3 is 5.97 Å². The Bertz CT molecular complexity index is 2030. The summed E-state index contributed by atoms with van der Waals surface area (Å²) < 4.78 is 31.8. The van der Waals surface area contributed by atoms with E-state index in [-0.39, 0.29) is 18.8 Å². The predicted octanol–water partition coefficient (Wildman–Crippen LogP) is 9.45. The first-order valence-electron chi connectivity index (χ1n) is 15.3. The molecule has 234 valence electrons. The monoisotopic (exact) mass is 641 g/mol. The lowest BCUT2D eigenvalue weighted by atomic mass is 9.96. The van der Waals surface area contributed by atoms with E-state index in [1.807, 2.05) is 78.9 Å². The van der Waals surface area contributed by atoms with Gasteiger partial charge in [0.05, 0.1) is 24.2 Å². The summed E-state index contributed by atoms with van der Waals surface area (Å²) in [5.74, 6) is 2.71. The third-order valence-electron chi connectivity index (χ3n) is 7.81. The van der Waals surface area contributed by atoms with Crippen LogP contribution in [0, 0.1) is 0 Å². The van der Waals surface area contributed by atoms with Gasteiger partial charge in [0.1, 0.15) is 11.5 Å². The van der Waals surface area contributed by atoms with Crippen molar-refractivity contribution in [2.45, 2.75) is 19.1 Å². The van der Waals surface area contributed by atoms with Gasteiger partial charge in [-0.25, -0.2) is 4.79 Å². The van der Waals surface area contributed by atoms with Crippen LogP contribution in [0.3, 0.4) is 0 Å². The first-order chi connectivity index (χ1) is 23.1. The summed E-state index contributed by atoms with van der Waals surface area (Å²) in [5.41, 5.74) is 3.11. The lowest BCUT2D eigenvalue weighted by Crippen LogP contribution is -2.26. The number of nitrogens with zero attached hydrogens (tertiary/aromatic N) is 1. The number of carbonyl (C=O) groups is 1. The van der Waals surface area contributed by atoms with E-state index in [1.54, 1.807) is 38.6 Å². The van der Waals surface area contributed by atoms with Gasteiger partial charge in [-0.1, -0.05) is 60.7 Å². The molecule has 7 rings (SSSR count). The summed E-state index contributed by atoms with van der Waals surface area (Å²) in [7, 11) is 1.62. The molecule has 2 unspecified atom stereocenters. The zero-order valence-corrected chi connectivity index (χ0v) is 26.6. The molecule has 4 aromatic carbocycles. The summed E-state index contributed by atoms with van der Waals surface area (Å²) >= 11 is 1.49. The van der Waals surface area contributed by atoms with Crippen LogP contribution in [0.25, 0.3) is 21.7 Å². The van der Waals surface area contributed by atoms with Crippen molar-refractivity contribution in [1.82, 2.24) is 4.98 Å². The van der Waals surface area contributed by atoms with Crippen LogP contribution in [0.1, 0.15) is 40.7 Å². The first kappa shape index (κ1) is 30.1. The average Bonchev–Trinajstić information content (AvgIpc) is 3.45. The van der Waals surface area contributed by atoms with Crippen LogP contribution < -0.4 is 18.9 Å². The zero-order valence-electron chi connectivity index (χ0n) is 25.8. The molecule has 7 nitrogen and oxygen atoms in total. The number of rotatable bonds is 9. The van der Waals surface area contributed by atoms with E-state index in [4.69, 9.17) is 23.7 Å². The van der Waals surface area contributed by atoms with Crippen LogP contribution in [0.15, 0.2) is 122 Å². The fourth-order valence-electron chi connectivity index (χ4n) is 5.55. The van der Waals surface area contributed by atoms with Crippen molar-refractivity contribution in [2.75, 3.05) is 13.7 Å². The Kier molecular flexibility index (Phi) is 8.58. The number of carbonyl (C=O) groups excluding carboxylic acids is 1. The number of thiophene rings is 1. The Morgan fingerprint density at radius 2 is 1.40 bits per heavy atom. The van der Waals surface area contributed by atoms with Gasteiger partial charge in [-0.15, -0.1) is 11.3 Å². The molecule has 0 saturated heterocycles. The third-order valence-corrected chi connectivity index (χ3v) is 8.90. The molecule has 47 heavy (non-hydrogen) atoms. The highest BCUT2D eigenvalue weighted by Crippen LogP contribution is 2.51. The van der Waals surface area contributed by atoms with E-state index in [0.29, 0.717) is 34.1 Å². The van der Waals surface area contributed by atoms with E-state index in [1.165, 1.54) is 11.3 Å². The van der Waals surface area contributed by atoms with Gasteiger partial charge in [-0.3, -0.25) is 4.98 Å². The molecular weight excluding hydrogens is 610 g/mol. The topological polar surface area (TPSA) is 76.1 Å². The third kappa shape index (κ3) is 6.28. The van der Waals surface area contributed by atoms with E-state index in [9.17, 15) is 4.79 Å². The second-order valence-electron chi connectivity index (χ2n) is 10.8. The molecule has 0 bridgehead atoms. The molecular formula is C39H31NO6S. The largest absolute Gasteiger partial charge is 0.497 e. The van der Waals surface area contributed by atoms with E-state index in [2.05, 4.69) is 29.2 Å². The van der Waals surface area contributed by atoms with Gasteiger partial charge < -0.3 is 23.7 Å². The molecule has 0 saturated carbocycles. The van der Waals surface area contributed by atoms with Gasteiger partial charge in [-0.2, -0.15) is 0 Å². The second kappa shape index (κ2) is 13.4. The number of ether oxygens (including phenoxy) is 5. The van der Waals surface area contributed by atoms with E-state index >= 15 is 0 Å². The van der Waals surface area contributed by atoms with Crippen molar-refractivity contribution >= 4 is 39.0 Å². The van der Waals surface area contributed by atoms with Crippen LogP contribution in [-0.2, 0) is 9.53 Å². The number of pyridine rings is 1. The fraction of sp³-hybridized carbons (Fsp3) is 0.128. The number of fused-ring (bicyclic) bond motifs is 2. The Hall–Kier alpha value is -5.60. The number of esters is 1. The van der Waals surface area contributed by atoms with Crippen molar-refractivity contribution in [3.05, 3.63) is 143 Å². The molecule has 2 aromatic heterocycles. The van der Waals surface area contributed by atoms with Crippen LogP contribution in [-0.4, -0.2) is 24.7 Å². The van der Waals surface area contributed by atoms with Gasteiger partial charge in [0, 0.05) is 28.5 Å². The summed E-state index contributed by atoms with van der Waals surface area (Å²) in [6.07, 6.45) is 4.38. The lowest BCUT2D eigenvalue weighted by Gasteiger charge is -2.34. The van der Waals surface area contributed by atoms with E-state index in [0.717, 1.165) is 31.8 Å². The highest BCUT2D eigenvalue weighted by molar-refractivity contribution is 7.20. The van der Waals surface area contributed by atoms with Crippen molar-refractivity contribution in [1.29, 1.82) is 0 Å². The Morgan fingerprint density at radius 1 is 0.809 bits per heavy atom. The molecule has 3 heterocycles. The van der Waals surface area contributed by atoms with E-state index < -0.39 is 5.97 Å². The fourth-order valence-corrected chi connectivity index (χ4v) is 6.63. The predicted molar refractivity (Wildman–Crippen MR) is 183 cm³/mol. The highest BCUT2D eigenvalue weighted by atomic mass is 32.1. The lowest BCUT2D eigenvalue weighted by molar-refractivity contribution is -0.136. The van der Waals surface area contributed by atoms with Gasteiger partial charge in [0.25, 0.3) is 0 Å². The molecule has 0 amide bonds. The second-order valence-corrected chi connectivity index (χ2v) is 11.9. The molecule has 1 aliphatic rings. The molecule has 2 atom stereocenters. The van der Waals surface area contributed by atoms with Crippen LogP contribution in [0.4, 0.5) is 0 Å². The molecule has 6 aromatic rings.